The third kappa shape index (κ3) is 3.21. The van der Waals surface area contributed by atoms with E-state index in [9.17, 15) is 17.6 Å². The van der Waals surface area contributed by atoms with Gasteiger partial charge in [0.05, 0.1) is 5.56 Å². The molecule has 17 heavy (non-hydrogen) atoms. The van der Waals surface area contributed by atoms with Crippen LogP contribution in [0.1, 0.15) is 23.6 Å². The van der Waals surface area contributed by atoms with E-state index in [0.717, 1.165) is 12.1 Å². The fourth-order valence-electron chi connectivity index (χ4n) is 1.47. The van der Waals surface area contributed by atoms with Gasteiger partial charge >= 0.3 is 6.18 Å². The van der Waals surface area contributed by atoms with E-state index >= 15 is 0 Å². The van der Waals surface area contributed by atoms with Crippen molar-refractivity contribution >= 4 is 0 Å². The predicted molar refractivity (Wildman–Crippen MR) is 56.7 cm³/mol. The first-order chi connectivity index (χ1) is 7.90. The average molecular weight is 245 g/mol. The molecule has 0 bridgehead atoms. The van der Waals surface area contributed by atoms with E-state index in [2.05, 4.69) is 11.2 Å². The molecule has 0 aliphatic heterocycles. The Labute approximate surface area is 96.8 Å². The predicted octanol–water partition coefficient (Wildman–Crippen LogP) is 3.13. The van der Waals surface area contributed by atoms with Crippen LogP contribution in [0.2, 0.25) is 0 Å². The molecular weight excluding hydrogens is 234 g/mol. The molecule has 5 heteroatoms. The normalized spacial score (nSPS) is 13.2. The van der Waals surface area contributed by atoms with Crippen LogP contribution in [0.25, 0.3) is 0 Å². The molecule has 0 aromatic heterocycles. The molecule has 0 radical (unpaired) electrons. The monoisotopic (exact) mass is 245 g/mol. The van der Waals surface area contributed by atoms with Crippen LogP contribution in [0.4, 0.5) is 17.6 Å². The van der Waals surface area contributed by atoms with Crippen LogP contribution >= 0.6 is 0 Å². The molecule has 1 N–H and O–H groups in total. The van der Waals surface area contributed by atoms with Crippen LogP contribution < -0.4 is 5.32 Å². The molecule has 1 nitrogen and oxygen atoms in total. The van der Waals surface area contributed by atoms with Gasteiger partial charge in [0.2, 0.25) is 0 Å². The van der Waals surface area contributed by atoms with E-state index in [0.29, 0.717) is 6.07 Å². The third-order valence-electron chi connectivity index (χ3n) is 2.37. The van der Waals surface area contributed by atoms with Crippen molar-refractivity contribution in [3.8, 4) is 12.3 Å². The third-order valence-corrected chi connectivity index (χ3v) is 2.37. The molecule has 0 saturated carbocycles. The van der Waals surface area contributed by atoms with Crippen LogP contribution in [0.5, 0.6) is 0 Å². The fourth-order valence-corrected chi connectivity index (χ4v) is 1.47. The maximum absolute atomic E-state index is 13.4. The van der Waals surface area contributed by atoms with Crippen molar-refractivity contribution in [2.75, 3.05) is 7.05 Å². The van der Waals surface area contributed by atoms with Crippen LogP contribution in [-0.2, 0) is 6.18 Å². The van der Waals surface area contributed by atoms with Gasteiger partial charge in [0, 0.05) is 18.0 Å². The SMILES string of the molecule is C#CCC(NC)c1cc(C(F)(F)F)ccc1F. The van der Waals surface area contributed by atoms with Crippen molar-refractivity contribution in [1.82, 2.24) is 5.32 Å². The van der Waals surface area contributed by atoms with Crippen LogP contribution in [-0.4, -0.2) is 7.05 Å². The lowest BCUT2D eigenvalue weighted by Gasteiger charge is -2.16. The minimum absolute atomic E-state index is 0.0692. The van der Waals surface area contributed by atoms with Crippen molar-refractivity contribution < 1.29 is 17.6 Å². The highest BCUT2D eigenvalue weighted by Gasteiger charge is 2.31. The molecule has 1 rings (SSSR count). The summed E-state index contributed by atoms with van der Waals surface area (Å²) in [4.78, 5) is 0. The Kier molecular flexibility index (Phi) is 4.13. The first kappa shape index (κ1) is 13.5. The second-order valence-corrected chi connectivity index (χ2v) is 3.48. The summed E-state index contributed by atoms with van der Waals surface area (Å²) in [6.07, 6.45) is 0.712. The van der Waals surface area contributed by atoms with Crippen molar-refractivity contribution in [3.05, 3.63) is 35.1 Å². The van der Waals surface area contributed by atoms with Gasteiger partial charge in [-0.3, -0.25) is 0 Å². The first-order valence-corrected chi connectivity index (χ1v) is 4.87. The van der Waals surface area contributed by atoms with Crippen molar-refractivity contribution in [3.63, 3.8) is 0 Å². The first-order valence-electron chi connectivity index (χ1n) is 4.87. The van der Waals surface area contributed by atoms with Gasteiger partial charge in [-0.2, -0.15) is 13.2 Å². The van der Waals surface area contributed by atoms with Crippen molar-refractivity contribution in [1.29, 1.82) is 0 Å². The quantitative estimate of drug-likeness (QED) is 0.637. The second-order valence-electron chi connectivity index (χ2n) is 3.48. The largest absolute Gasteiger partial charge is 0.416 e. The van der Waals surface area contributed by atoms with Gasteiger partial charge in [0.1, 0.15) is 5.82 Å². The van der Waals surface area contributed by atoms with Gasteiger partial charge in [0.25, 0.3) is 0 Å². The summed E-state index contributed by atoms with van der Waals surface area (Å²) in [5.74, 6) is 1.59. The molecule has 0 saturated heterocycles. The molecule has 0 heterocycles. The highest BCUT2D eigenvalue weighted by molar-refractivity contribution is 5.30. The van der Waals surface area contributed by atoms with Crippen LogP contribution in [0.15, 0.2) is 18.2 Å². The zero-order valence-electron chi connectivity index (χ0n) is 9.11. The van der Waals surface area contributed by atoms with E-state index in [1.165, 1.54) is 7.05 Å². The molecule has 0 fully saturated rings. The lowest BCUT2D eigenvalue weighted by molar-refractivity contribution is -0.137. The summed E-state index contributed by atoms with van der Waals surface area (Å²) < 4.78 is 50.9. The van der Waals surface area contributed by atoms with Gasteiger partial charge in [-0.15, -0.1) is 12.3 Å². The summed E-state index contributed by atoms with van der Waals surface area (Å²) in [7, 11) is 1.52. The zero-order chi connectivity index (χ0) is 13.1. The maximum atomic E-state index is 13.4. The number of halogens is 4. The van der Waals surface area contributed by atoms with Gasteiger partial charge < -0.3 is 5.32 Å². The molecule has 0 aliphatic rings. The smallest absolute Gasteiger partial charge is 0.312 e. The van der Waals surface area contributed by atoms with Crippen molar-refractivity contribution in [2.24, 2.45) is 0 Å². The Balaban J connectivity index is 3.19. The summed E-state index contributed by atoms with van der Waals surface area (Å²) in [6, 6.07) is 1.68. The van der Waals surface area contributed by atoms with E-state index in [4.69, 9.17) is 6.42 Å². The maximum Gasteiger partial charge on any atom is 0.416 e. The summed E-state index contributed by atoms with van der Waals surface area (Å²) >= 11 is 0. The Morgan fingerprint density at radius 3 is 2.53 bits per heavy atom. The summed E-state index contributed by atoms with van der Waals surface area (Å²) in [6.45, 7) is 0. The zero-order valence-corrected chi connectivity index (χ0v) is 9.11. The molecule has 0 amide bonds. The molecular formula is C12H11F4N. The lowest BCUT2D eigenvalue weighted by Crippen LogP contribution is -2.18. The number of alkyl halides is 3. The van der Waals surface area contributed by atoms with E-state index in [-0.39, 0.29) is 12.0 Å². The molecule has 0 spiro atoms. The fraction of sp³-hybridized carbons (Fsp3) is 0.333. The van der Waals surface area contributed by atoms with E-state index in [1.807, 2.05) is 0 Å². The van der Waals surface area contributed by atoms with E-state index < -0.39 is 23.6 Å². The topological polar surface area (TPSA) is 12.0 Å². The lowest BCUT2D eigenvalue weighted by atomic mass is 10.0. The number of rotatable bonds is 3. The Morgan fingerprint density at radius 1 is 1.41 bits per heavy atom. The second kappa shape index (κ2) is 5.19. The number of terminal acetylenes is 1. The highest BCUT2D eigenvalue weighted by Crippen LogP contribution is 2.32. The number of benzene rings is 1. The van der Waals surface area contributed by atoms with Crippen molar-refractivity contribution in [2.45, 2.75) is 18.6 Å². The highest BCUT2D eigenvalue weighted by atomic mass is 19.4. The van der Waals surface area contributed by atoms with E-state index in [1.54, 1.807) is 0 Å². The molecule has 1 aromatic carbocycles. The number of hydrogen-bond acceptors (Lipinski definition) is 1. The minimum atomic E-state index is -4.49. The number of nitrogens with one attached hydrogen (secondary N) is 1. The van der Waals surface area contributed by atoms with Gasteiger partial charge in [0.15, 0.2) is 0 Å². The van der Waals surface area contributed by atoms with Crippen LogP contribution in [0, 0.1) is 18.2 Å². The van der Waals surface area contributed by atoms with Gasteiger partial charge in [-0.05, 0) is 25.2 Å². The molecule has 1 unspecified atom stereocenters. The van der Waals surface area contributed by atoms with Crippen LogP contribution in [0.3, 0.4) is 0 Å². The number of hydrogen-bond donors (Lipinski definition) is 1. The Hall–Kier alpha value is -1.54. The summed E-state index contributed by atoms with van der Waals surface area (Å²) in [5.41, 5.74) is -0.952. The minimum Gasteiger partial charge on any atom is -0.312 e. The molecule has 1 atom stereocenters. The molecule has 0 aliphatic carbocycles. The standard InChI is InChI=1S/C12H11F4N/c1-3-4-11(17-2)9-7-8(12(14,15)16)5-6-10(9)13/h1,5-7,11,17H,4H2,2H3. The summed E-state index contributed by atoms with van der Waals surface area (Å²) in [5, 5.41) is 2.69. The Bertz CT molecular complexity index is 431. The molecule has 1 aromatic rings. The average Bonchev–Trinajstić information content (AvgIpc) is 2.25. The van der Waals surface area contributed by atoms with Gasteiger partial charge in [-0.25, -0.2) is 4.39 Å². The van der Waals surface area contributed by atoms with Gasteiger partial charge in [-0.1, -0.05) is 0 Å². The Morgan fingerprint density at radius 2 is 2.06 bits per heavy atom. The molecule has 92 valence electrons.